The molecule has 1 unspecified atom stereocenters. The minimum Gasteiger partial charge on any atom is -0.196 e. The Morgan fingerprint density at radius 1 is 1.00 bits per heavy atom. The lowest BCUT2D eigenvalue weighted by atomic mass is 9.95. The molecule has 0 spiro atoms. The Hall–Kier alpha value is -2.20. The van der Waals surface area contributed by atoms with Crippen molar-refractivity contribution in [2.45, 2.75) is 38.3 Å². The summed E-state index contributed by atoms with van der Waals surface area (Å²) in [5.41, 5.74) is -0.806. The molecule has 0 N–H and O–H groups in total. The van der Waals surface area contributed by atoms with Crippen LogP contribution in [0.2, 0.25) is 0 Å². The highest BCUT2D eigenvalue weighted by Gasteiger charge is 2.26. The zero-order chi connectivity index (χ0) is 13.6. The number of azo groups is 1. The Morgan fingerprint density at radius 2 is 1.61 bits per heavy atom. The Labute approximate surface area is 108 Å². The average Bonchev–Trinajstić information content (AvgIpc) is 2.38. The van der Waals surface area contributed by atoms with E-state index in [1.54, 1.807) is 20.8 Å². The number of hydrogen-bond acceptors (Lipinski definition) is 4. The van der Waals surface area contributed by atoms with Crippen LogP contribution < -0.4 is 0 Å². The van der Waals surface area contributed by atoms with Crippen LogP contribution in [0.3, 0.4) is 0 Å². The van der Waals surface area contributed by atoms with Crippen LogP contribution in [-0.4, -0.2) is 11.1 Å². The van der Waals surface area contributed by atoms with Gasteiger partial charge < -0.3 is 0 Å². The van der Waals surface area contributed by atoms with Gasteiger partial charge in [-0.1, -0.05) is 30.3 Å². The van der Waals surface area contributed by atoms with Crippen molar-refractivity contribution in [1.29, 1.82) is 10.5 Å². The van der Waals surface area contributed by atoms with Crippen LogP contribution in [0.4, 0.5) is 0 Å². The summed E-state index contributed by atoms with van der Waals surface area (Å²) in [7, 11) is 0. The van der Waals surface area contributed by atoms with Crippen LogP contribution in [0.15, 0.2) is 40.6 Å². The highest BCUT2D eigenvalue weighted by Crippen LogP contribution is 2.20. The Morgan fingerprint density at radius 3 is 2.11 bits per heavy atom. The molecule has 0 radical (unpaired) electrons. The van der Waals surface area contributed by atoms with E-state index in [2.05, 4.69) is 16.3 Å². The molecule has 0 saturated heterocycles. The topological polar surface area (TPSA) is 72.3 Å². The minimum atomic E-state index is -0.935. The number of rotatable bonds is 4. The SMILES string of the molecule is CC(C)(C#N)N=NC(C)(C#N)Cc1ccccc1. The van der Waals surface area contributed by atoms with Gasteiger partial charge in [0.25, 0.3) is 0 Å². The maximum atomic E-state index is 9.23. The first-order chi connectivity index (χ1) is 8.41. The first-order valence-corrected chi connectivity index (χ1v) is 5.71. The van der Waals surface area contributed by atoms with Gasteiger partial charge in [-0.3, -0.25) is 0 Å². The van der Waals surface area contributed by atoms with Gasteiger partial charge in [-0.05, 0) is 26.3 Å². The van der Waals surface area contributed by atoms with Gasteiger partial charge in [-0.15, -0.1) is 0 Å². The van der Waals surface area contributed by atoms with Crippen molar-refractivity contribution < 1.29 is 0 Å². The lowest BCUT2D eigenvalue weighted by Crippen LogP contribution is -2.24. The van der Waals surface area contributed by atoms with Gasteiger partial charge in [0, 0.05) is 6.42 Å². The Bertz CT molecular complexity index is 505. The van der Waals surface area contributed by atoms with Gasteiger partial charge in [0.1, 0.15) is 0 Å². The molecule has 4 nitrogen and oxygen atoms in total. The highest BCUT2D eigenvalue weighted by molar-refractivity contribution is 5.21. The van der Waals surface area contributed by atoms with Crippen molar-refractivity contribution in [2.24, 2.45) is 10.2 Å². The monoisotopic (exact) mass is 240 g/mol. The maximum absolute atomic E-state index is 9.23. The first kappa shape index (κ1) is 13.9. The van der Waals surface area contributed by atoms with Crippen molar-refractivity contribution >= 4 is 0 Å². The second-order valence-corrected chi connectivity index (χ2v) is 4.92. The lowest BCUT2D eigenvalue weighted by Gasteiger charge is -2.17. The van der Waals surface area contributed by atoms with E-state index in [9.17, 15) is 5.26 Å². The summed E-state index contributed by atoms with van der Waals surface area (Å²) in [5.74, 6) is 0. The molecule has 0 aliphatic carbocycles. The van der Waals surface area contributed by atoms with Crippen LogP contribution in [0, 0.1) is 22.7 Å². The lowest BCUT2D eigenvalue weighted by molar-refractivity contribution is 0.508. The molecule has 0 bridgehead atoms. The zero-order valence-electron chi connectivity index (χ0n) is 10.9. The third kappa shape index (κ3) is 3.99. The largest absolute Gasteiger partial charge is 0.196 e. The number of benzene rings is 1. The van der Waals surface area contributed by atoms with Crippen LogP contribution in [0.5, 0.6) is 0 Å². The Kier molecular flexibility index (Phi) is 4.18. The molecule has 1 rings (SSSR count). The van der Waals surface area contributed by atoms with Gasteiger partial charge in [0.15, 0.2) is 11.1 Å². The summed E-state index contributed by atoms with van der Waals surface area (Å²) in [6.45, 7) is 5.05. The third-order valence-corrected chi connectivity index (χ3v) is 2.43. The molecule has 0 amide bonds. The molecule has 18 heavy (non-hydrogen) atoms. The second-order valence-electron chi connectivity index (χ2n) is 4.92. The van der Waals surface area contributed by atoms with Gasteiger partial charge >= 0.3 is 0 Å². The zero-order valence-corrected chi connectivity index (χ0v) is 10.9. The van der Waals surface area contributed by atoms with Crippen LogP contribution in [0.1, 0.15) is 26.3 Å². The fourth-order valence-corrected chi connectivity index (χ4v) is 1.35. The van der Waals surface area contributed by atoms with E-state index in [1.165, 1.54) is 0 Å². The van der Waals surface area contributed by atoms with Crippen LogP contribution in [0.25, 0.3) is 0 Å². The molecule has 0 saturated carbocycles. The fourth-order valence-electron chi connectivity index (χ4n) is 1.35. The summed E-state index contributed by atoms with van der Waals surface area (Å²) in [5, 5.41) is 26.1. The smallest absolute Gasteiger partial charge is 0.168 e. The second kappa shape index (κ2) is 5.42. The molecule has 1 aromatic rings. The first-order valence-electron chi connectivity index (χ1n) is 5.71. The normalized spacial score (nSPS) is 14.7. The molecule has 1 atom stereocenters. The number of nitrogens with zero attached hydrogens (tertiary/aromatic N) is 4. The summed E-state index contributed by atoms with van der Waals surface area (Å²) >= 11 is 0. The molecule has 4 heteroatoms. The summed E-state index contributed by atoms with van der Waals surface area (Å²) < 4.78 is 0. The molecule has 0 aliphatic rings. The third-order valence-electron chi connectivity index (χ3n) is 2.43. The van der Waals surface area contributed by atoms with Crippen molar-refractivity contribution in [3.63, 3.8) is 0 Å². The minimum absolute atomic E-state index is 0.481. The standard InChI is InChI=1S/C14H16N4/c1-13(2,10-15)17-18-14(3,11-16)9-12-7-5-4-6-8-12/h4-8H,9H2,1-3H3. The van der Waals surface area contributed by atoms with E-state index < -0.39 is 11.1 Å². The van der Waals surface area contributed by atoms with E-state index in [-0.39, 0.29) is 0 Å². The van der Waals surface area contributed by atoms with Gasteiger partial charge in [0.2, 0.25) is 0 Å². The summed E-state index contributed by atoms with van der Waals surface area (Å²) in [4.78, 5) is 0. The predicted molar refractivity (Wildman–Crippen MR) is 68.7 cm³/mol. The van der Waals surface area contributed by atoms with Crippen molar-refractivity contribution in [3.05, 3.63) is 35.9 Å². The molecule has 1 aromatic carbocycles. The fraction of sp³-hybridized carbons (Fsp3) is 0.429. The van der Waals surface area contributed by atoms with Crippen LogP contribution >= 0.6 is 0 Å². The molecule has 0 aromatic heterocycles. The quantitative estimate of drug-likeness (QED) is 0.757. The van der Waals surface area contributed by atoms with Crippen molar-refractivity contribution in [2.75, 3.05) is 0 Å². The molecule has 92 valence electrons. The van der Waals surface area contributed by atoms with Crippen molar-refractivity contribution in [3.8, 4) is 12.1 Å². The Balaban J connectivity index is 2.89. The molecule has 0 heterocycles. The van der Waals surface area contributed by atoms with Crippen molar-refractivity contribution in [1.82, 2.24) is 0 Å². The van der Waals surface area contributed by atoms with Gasteiger partial charge in [-0.2, -0.15) is 20.8 Å². The average molecular weight is 240 g/mol. The van der Waals surface area contributed by atoms with Gasteiger partial charge in [-0.25, -0.2) is 0 Å². The van der Waals surface area contributed by atoms with E-state index in [0.717, 1.165) is 5.56 Å². The van der Waals surface area contributed by atoms with Crippen LogP contribution in [-0.2, 0) is 6.42 Å². The molecule has 0 fully saturated rings. The summed E-state index contributed by atoms with van der Waals surface area (Å²) in [6.07, 6.45) is 0.481. The van der Waals surface area contributed by atoms with E-state index >= 15 is 0 Å². The summed E-state index contributed by atoms with van der Waals surface area (Å²) in [6, 6.07) is 13.8. The van der Waals surface area contributed by atoms with E-state index in [0.29, 0.717) is 6.42 Å². The molecular formula is C14H16N4. The van der Waals surface area contributed by atoms with Gasteiger partial charge in [0.05, 0.1) is 12.1 Å². The molecular weight excluding hydrogens is 224 g/mol. The number of hydrogen-bond donors (Lipinski definition) is 0. The van der Waals surface area contributed by atoms with E-state index in [4.69, 9.17) is 5.26 Å². The maximum Gasteiger partial charge on any atom is 0.168 e. The predicted octanol–water partition coefficient (Wildman–Crippen LogP) is 3.27. The number of nitriles is 2. The molecule has 0 aliphatic heterocycles. The van der Waals surface area contributed by atoms with E-state index in [1.807, 2.05) is 36.4 Å². The highest BCUT2D eigenvalue weighted by atomic mass is 15.2.